The van der Waals surface area contributed by atoms with E-state index in [1.165, 1.54) is 12.8 Å². The van der Waals surface area contributed by atoms with Gasteiger partial charge in [0.25, 0.3) is 0 Å². The van der Waals surface area contributed by atoms with E-state index in [1.54, 1.807) is 12.5 Å². The Kier molecular flexibility index (Phi) is 4.58. The average Bonchev–Trinajstić information content (AvgIpc) is 3.19. The zero-order chi connectivity index (χ0) is 15.4. The molecule has 0 aliphatic heterocycles. The first-order valence-electron chi connectivity index (χ1n) is 7.76. The minimum Gasteiger partial charge on any atom is -0.468 e. The number of rotatable bonds is 6. The van der Waals surface area contributed by atoms with E-state index < -0.39 is 0 Å². The van der Waals surface area contributed by atoms with E-state index in [1.807, 2.05) is 34.8 Å². The van der Waals surface area contributed by atoms with Gasteiger partial charge in [0.15, 0.2) is 0 Å². The van der Waals surface area contributed by atoms with Crippen LogP contribution in [0.4, 0.5) is 5.82 Å². The number of carbonyl (C=O) groups excluding carboxylic acids is 1. The van der Waals surface area contributed by atoms with Crippen LogP contribution in [-0.4, -0.2) is 34.2 Å². The van der Waals surface area contributed by atoms with Crippen molar-refractivity contribution < 1.29 is 9.21 Å². The highest BCUT2D eigenvalue weighted by Gasteiger charge is 2.20. The molecular weight excluding hydrogens is 280 g/mol. The number of likely N-dealkylation sites (N-methyl/N-ethyl adjacent to an activating group) is 1. The monoisotopic (exact) mass is 302 g/mol. The zero-order valence-corrected chi connectivity index (χ0v) is 12.9. The molecule has 1 aliphatic rings. The summed E-state index contributed by atoms with van der Waals surface area (Å²) < 4.78 is 7.25. The van der Waals surface area contributed by atoms with Crippen LogP contribution >= 0.6 is 0 Å². The number of hydrogen-bond acceptors (Lipinski definition) is 4. The van der Waals surface area contributed by atoms with Crippen LogP contribution in [0.5, 0.6) is 0 Å². The molecule has 1 N–H and O–H groups in total. The fourth-order valence-electron chi connectivity index (χ4n) is 3.01. The predicted octanol–water partition coefficient (Wildman–Crippen LogP) is 2.66. The first-order chi connectivity index (χ1) is 10.7. The molecule has 1 aliphatic carbocycles. The second-order valence-electron chi connectivity index (χ2n) is 5.90. The lowest BCUT2D eigenvalue weighted by Gasteiger charge is -2.17. The Morgan fingerprint density at radius 1 is 1.45 bits per heavy atom. The molecule has 1 saturated carbocycles. The summed E-state index contributed by atoms with van der Waals surface area (Å²) in [5.41, 5.74) is 0. The third-order valence-corrected chi connectivity index (χ3v) is 4.03. The number of anilines is 1. The molecule has 6 heteroatoms. The summed E-state index contributed by atoms with van der Waals surface area (Å²) in [5, 5.41) is 7.33. The third-order valence-electron chi connectivity index (χ3n) is 4.03. The molecule has 22 heavy (non-hydrogen) atoms. The van der Waals surface area contributed by atoms with Gasteiger partial charge in [0.2, 0.25) is 5.91 Å². The molecule has 2 heterocycles. The standard InChI is InChI=1S/C16H22N4O2/c1-19(11-14-7-4-10-22-14)12-16(21)18-15-8-9-17-20(15)13-5-2-3-6-13/h4,7-10,13H,2-3,5-6,11-12H2,1H3,(H,18,21). The highest BCUT2D eigenvalue weighted by molar-refractivity contribution is 5.91. The zero-order valence-electron chi connectivity index (χ0n) is 12.9. The smallest absolute Gasteiger partial charge is 0.239 e. The van der Waals surface area contributed by atoms with Gasteiger partial charge in [-0.3, -0.25) is 9.69 Å². The van der Waals surface area contributed by atoms with Gasteiger partial charge in [-0.25, -0.2) is 4.68 Å². The molecule has 0 spiro atoms. The van der Waals surface area contributed by atoms with E-state index in [0.29, 0.717) is 19.1 Å². The van der Waals surface area contributed by atoms with Crippen LogP contribution < -0.4 is 5.32 Å². The van der Waals surface area contributed by atoms with E-state index in [-0.39, 0.29) is 5.91 Å². The third kappa shape index (κ3) is 3.57. The van der Waals surface area contributed by atoms with Gasteiger partial charge in [-0.05, 0) is 32.0 Å². The average molecular weight is 302 g/mol. The lowest BCUT2D eigenvalue weighted by molar-refractivity contribution is -0.117. The van der Waals surface area contributed by atoms with Crippen molar-refractivity contribution in [3.8, 4) is 0 Å². The molecule has 118 valence electrons. The molecular formula is C16H22N4O2. The number of carbonyl (C=O) groups is 1. The molecule has 0 aromatic carbocycles. The summed E-state index contributed by atoms with van der Waals surface area (Å²) >= 11 is 0. The van der Waals surface area contributed by atoms with Gasteiger partial charge in [-0.2, -0.15) is 5.10 Å². The largest absolute Gasteiger partial charge is 0.468 e. The summed E-state index contributed by atoms with van der Waals surface area (Å²) in [4.78, 5) is 14.1. The Morgan fingerprint density at radius 2 is 2.27 bits per heavy atom. The summed E-state index contributed by atoms with van der Waals surface area (Å²) in [7, 11) is 1.90. The van der Waals surface area contributed by atoms with Crippen molar-refractivity contribution in [3.63, 3.8) is 0 Å². The lowest BCUT2D eigenvalue weighted by atomic mass is 10.2. The number of aromatic nitrogens is 2. The summed E-state index contributed by atoms with van der Waals surface area (Å²) in [5.74, 6) is 1.61. The Hall–Kier alpha value is -2.08. The van der Waals surface area contributed by atoms with Crippen LogP contribution in [0.25, 0.3) is 0 Å². The number of nitrogens with one attached hydrogen (secondary N) is 1. The van der Waals surface area contributed by atoms with E-state index in [2.05, 4.69) is 10.4 Å². The van der Waals surface area contributed by atoms with Gasteiger partial charge >= 0.3 is 0 Å². The summed E-state index contributed by atoms with van der Waals surface area (Å²) in [6, 6.07) is 6.04. The quantitative estimate of drug-likeness (QED) is 0.891. The highest BCUT2D eigenvalue weighted by atomic mass is 16.3. The van der Waals surface area contributed by atoms with E-state index in [0.717, 1.165) is 24.4 Å². The Bertz CT molecular complexity index is 599. The molecule has 2 aromatic rings. The fourth-order valence-corrected chi connectivity index (χ4v) is 3.01. The van der Waals surface area contributed by atoms with Crippen molar-refractivity contribution in [2.45, 2.75) is 38.3 Å². The number of amides is 1. The fraction of sp³-hybridized carbons (Fsp3) is 0.500. The van der Waals surface area contributed by atoms with Crippen molar-refractivity contribution in [1.82, 2.24) is 14.7 Å². The van der Waals surface area contributed by atoms with Crippen LogP contribution in [0.3, 0.4) is 0 Å². The number of hydrogen-bond donors (Lipinski definition) is 1. The maximum absolute atomic E-state index is 12.2. The van der Waals surface area contributed by atoms with E-state index in [4.69, 9.17) is 4.42 Å². The van der Waals surface area contributed by atoms with Crippen LogP contribution in [0, 0.1) is 0 Å². The summed E-state index contributed by atoms with van der Waals surface area (Å²) in [6.07, 6.45) is 8.16. The molecule has 0 atom stereocenters. The van der Waals surface area contributed by atoms with Crippen molar-refractivity contribution in [1.29, 1.82) is 0 Å². The molecule has 0 bridgehead atoms. The maximum Gasteiger partial charge on any atom is 0.239 e. The van der Waals surface area contributed by atoms with E-state index in [9.17, 15) is 4.79 Å². The van der Waals surface area contributed by atoms with Gasteiger partial charge in [-0.15, -0.1) is 0 Å². The van der Waals surface area contributed by atoms with Crippen molar-refractivity contribution in [3.05, 3.63) is 36.4 Å². The molecule has 2 aromatic heterocycles. The van der Waals surface area contributed by atoms with Gasteiger partial charge < -0.3 is 9.73 Å². The van der Waals surface area contributed by atoms with Crippen LogP contribution in [0.15, 0.2) is 35.1 Å². The van der Waals surface area contributed by atoms with Gasteiger partial charge in [0, 0.05) is 6.07 Å². The van der Waals surface area contributed by atoms with Gasteiger partial charge in [0.1, 0.15) is 11.6 Å². The first-order valence-corrected chi connectivity index (χ1v) is 7.76. The Balaban J connectivity index is 1.54. The predicted molar refractivity (Wildman–Crippen MR) is 83.4 cm³/mol. The lowest BCUT2D eigenvalue weighted by Crippen LogP contribution is -2.30. The van der Waals surface area contributed by atoms with Crippen LogP contribution in [0.1, 0.15) is 37.5 Å². The molecule has 6 nitrogen and oxygen atoms in total. The topological polar surface area (TPSA) is 63.3 Å². The minimum absolute atomic E-state index is 0.0335. The van der Waals surface area contributed by atoms with E-state index >= 15 is 0 Å². The highest BCUT2D eigenvalue weighted by Crippen LogP contribution is 2.31. The van der Waals surface area contributed by atoms with Crippen molar-refractivity contribution in [2.75, 3.05) is 18.9 Å². The van der Waals surface area contributed by atoms with Gasteiger partial charge in [-0.1, -0.05) is 12.8 Å². The van der Waals surface area contributed by atoms with Crippen molar-refractivity contribution >= 4 is 11.7 Å². The van der Waals surface area contributed by atoms with Crippen LogP contribution in [0.2, 0.25) is 0 Å². The molecule has 0 saturated heterocycles. The molecule has 0 radical (unpaired) electrons. The molecule has 1 amide bonds. The normalized spacial score (nSPS) is 15.5. The first kappa shape index (κ1) is 14.8. The molecule has 0 unspecified atom stereocenters. The van der Waals surface area contributed by atoms with Crippen LogP contribution in [-0.2, 0) is 11.3 Å². The molecule has 1 fully saturated rings. The second-order valence-corrected chi connectivity index (χ2v) is 5.90. The van der Waals surface area contributed by atoms with Crippen molar-refractivity contribution in [2.24, 2.45) is 0 Å². The Morgan fingerprint density at radius 3 is 3.00 bits per heavy atom. The summed E-state index contributed by atoms with van der Waals surface area (Å²) in [6.45, 7) is 0.929. The number of furan rings is 1. The van der Waals surface area contributed by atoms with Gasteiger partial charge in [0.05, 0.1) is 31.6 Å². The Labute approximate surface area is 130 Å². The minimum atomic E-state index is -0.0335. The maximum atomic E-state index is 12.2. The SMILES string of the molecule is CN(CC(=O)Nc1ccnn1C1CCCC1)Cc1ccco1. The number of nitrogens with zero attached hydrogens (tertiary/aromatic N) is 3. The second kappa shape index (κ2) is 6.79. The molecule has 3 rings (SSSR count).